The molecule has 1 N–H and O–H groups in total. The van der Waals surface area contributed by atoms with Crippen molar-refractivity contribution < 1.29 is 4.79 Å². The number of hydrogen-bond acceptors (Lipinski definition) is 3. The standard InChI is InChI=1S/C15H17N3O/c1-9-5-6-10(2)13(7-9)18-15(19)14-8-11(3)16-12(4)17-14/h5-8H,1-4H3,(H,18,19). The fourth-order valence-corrected chi connectivity index (χ4v) is 1.89. The zero-order valence-corrected chi connectivity index (χ0v) is 11.6. The molecule has 98 valence electrons. The van der Waals surface area contributed by atoms with Gasteiger partial charge >= 0.3 is 0 Å². The zero-order chi connectivity index (χ0) is 14.0. The molecule has 19 heavy (non-hydrogen) atoms. The van der Waals surface area contributed by atoms with Crippen LogP contribution in [0.15, 0.2) is 24.3 Å². The quantitative estimate of drug-likeness (QED) is 0.897. The van der Waals surface area contributed by atoms with E-state index in [2.05, 4.69) is 15.3 Å². The number of amides is 1. The maximum atomic E-state index is 12.2. The minimum Gasteiger partial charge on any atom is -0.320 e. The van der Waals surface area contributed by atoms with Gasteiger partial charge in [0.15, 0.2) is 0 Å². The molecule has 0 aliphatic carbocycles. The van der Waals surface area contributed by atoms with Gasteiger partial charge in [0, 0.05) is 11.4 Å². The molecule has 0 saturated heterocycles. The number of nitrogens with one attached hydrogen (secondary N) is 1. The van der Waals surface area contributed by atoms with Gasteiger partial charge in [0.2, 0.25) is 0 Å². The second-order valence-electron chi connectivity index (χ2n) is 4.71. The van der Waals surface area contributed by atoms with Crippen molar-refractivity contribution in [3.8, 4) is 0 Å². The van der Waals surface area contributed by atoms with Crippen LogP contribution in [-0.2, 0) is 0 Å². The SMILES string of the molecule is Cc1ccc(C)c(NC(=O)c2cc(C)nc(C)n2)c1. The van der Waals surface area contributed by atoms with Crippen molar-refractivity contribution >= 4 is 11.6 Å². The van der Waals surface area contributed by atoms with Crippen LogP contribution in [0.5, 0.6) is 0 Å². The number of aromatic nitrogens is 2. The van der Waals surface area contributed by atoms with Crippen LogP contribution in [0.2, 0.25) is 0 Å². The Balaban J connectivity index is 2.28. The van der Waals surface area contributed by atoms with Crippen molar-refractivity contribution in [1.82, 2.24) is 9.97 Å². The summed E-state index contributed by atoms with van der Waals surface area (Å²) in [6, 6.07) is 7.65. The van der Waals surface area contributed by atoms with Crippen LogP contribution >= 0.6 is 0 Å². The first-order chi connectivity index (χ1) is 8.95. The second kappa shape index (κ2) is 5.18. The Hall–Kier alpha value is -2.23. The van der Waals surface area contributed by atoms with E-state index in [0.717, 1.165) is 22.5 Å². The molecule has 0 unspecified atom stereocenters. The van der Waals surface area contributed by atoms with Crippen LogP contribution in [0.1, 0.15) is 33.1 Å². The summed E-state index contributed by atoms with van der Waals surface area (Å²) in [5.74, 6) is 0.397. The van der Waals surface area contributed by atoms with Gasteiger partial charge in [-0.05, 0) is 51.0 Å². The molecule has 4 nitrogen and oxygen atoms in total. The van der Waals surface area contributed by atoms with Crippen molar-refractivity contribution in [1.29, 1.82) is 0 Å². The highest BCUT2D eigenvalue weighted by molar-refractivity contribution is 6.03. The molecule has 0 saturated carbocycles. The van der Waals surface area contributed by atoms with Crippen molar-refractivity contribution in [2.45, 2.75) is 27.7 Å². The first-order valence-electron chi connectivity index (χ1n) is 6.16. The van der Waals surface area contributed by atoms with Crippen LogP contribution in [-0.4, -0.2) is 15.9 Å². The van der Waals surface area contributed by atoms with Crippen molar-refractivity contribution in [2.24, 2.45) is 0 Å². The maximum Gasteiger partial charge on any atom is 0.274 e. The summed E-state index contributed by atoms with van der Waals surface area (Å²) in [5.41, 5.74) is 4.14. The highest BCUT2D eigenvalue weighted by Crippen LogP contribution is 2.17. The van der Waals surface area contributed by atoms with E-state index in [1.165, 1.54) is 0 Å². The Kier molecular flexibility index (Phi) is 3.60. The number of anilines is 1. The Labute approximate surface area is 112 Å². The largest absolute Gasteiger partial charge is 0.320 e. The summed E-state index contributed by atoms with van der Waals surface area (Å²) in [4.78, 5) is 20.5. The van der Waals surface area contributed by atoms with E-state index in [1.54, 1.807) is 13.0 Å². The van der Waals surface area contributed by atoms with E-state index in [0.29, 0.717) is 11.5 Å². The summed E-state index contributed by atoms with van der Waals surface area (Å²) < 4.78 is 0. The number of nitrogens with zero attached hydrogens (tertiary/aromatic N) is 2. The van der Waals surface area contributed by atoms with Gasteiger partial charge in [-0.15, -0.1) is 0 Å². The monoisotopic (exact) mass is 255 g/mol. The average molecular weight is 255 g/mol. The number of carbonyl (C=O) groups excluding carboxylic acids is 1. The summed E-state index contributed by atoms with van der Waals surface area (Å²) in [7, 11) is 0. The first kappa shape index (κ1) is 13.2. The predicted molar refractivity (Wildman–Crippen MR) is 75.4 cm³/mol. The summed E-state index contributed by atoms with van der Waals surface area (Å²) >= 11 is 0. The predicted octanol–water partition coefficient (Wildman–Crippen LogP) is 2.96. The molecule has 2 aromatic rings. The third-order valence-electron chi connectivity index (χ3n) is 2.84. The minimum atomic E-state index is -0.206. The van der Waals surface area contributed by atoms with Crippen LogP contribution in [0.3, 0.4) is 0 Å². The van der Waals surface area contributed by atoms with Gasteiger partial charge in [0.25, 0.3) is 5.91 Å². The molecular formula is C15H17N3O. The number of aryl methyl sites for hydroxylation is 4. The van der Waals surface area contributed by atoms with Crippen molar-refractivity contribution in [2.75, 3.05) is 5.32 Å². The molecule has 1 heterocycles. The highest BCUT2D eigenvalue weighted by Gasteiger charge is 2.10. The minimum absolute atomic E-state index is 0.206. The van der Waals surface area contributed by atoms with Crippen LogP contribution in [0, 0.1) is 27.7 Å². The Morgan fingerprint density at radius 2 is 1.79 bits per heavy atom. The van der Waals surface area contributed by atoms with Gasteiger partial charge in [-0.1, -0.05) is 12.1 Å². The molecular weight excluding hydrogens is 238 g/mol. The fourth-order valence-electron chi connectivity index (χ4n) is 1.89. The van der Waals surface area contributed by atoms with Gasteiger partial charge in [0.1, 0.15) is 11.5 Å². The molecule has 0 atom stereocenters. The van der Waals surface area contributed by atoms with E-state index in [9.17, 15) is 4.79 Å². The number of carbonyl (C=O) groups is 1. The highest BCUT2D eigenvalue weighted by atomic mass is 16.1. The Bertz CT molecular complexity index is 615. The van der Waals surface area contributed by atoms with Crippen molar-refractivity contribution in [3.63, 3.8) is 0 Å². The molecule has 0 aliphatic heterocycles. The van der Waals surface area contributed by atoms with E-state index in [-0.39, 0.29) is 5.91 Å². The first-order valence-corrected chi connectivity index (χ1v) is 6.16. The third kappa shape index (κ3) is 3.16. The van der Waals surface area contributed by atoms with Crippen LogP contribution in [0.4, 0.5) is 5.69 Å². The van der Waals surface area contributed by atoms with Gasteiger partial charge in [0.05, 0.1) is 0 Å². The number of benzene rings is 1. The lowest BCUT2D eigenvalue weighted by Gasteiger charge is -2.09. The van der Waals surface area contributed by atoms with Crippen molar-refractivity contribution in [3.05, 3.63) is 52.6 Å². The van der Waals surface area contributed by atoms with Crippen LogP contribution in [0.25, 0.3) is 0 Å². The molecule has 0 radical (unpaired) electrons. The van der Waals surface area contributed by atoms with Gasteiger partial charge in [-0.2, -0.15) is 0 Å². The molecule has 0 bridgehead atoms. The molecule has 0 fully saturated rings. The lowest BCUT2D eigenvalue weighted by atomic mass is 10.1. The summed E-state index contributed by atoms with van der Waals surface area (Å²) in [5, 5.41) is 2.89. The van der Waals surface area contributed by atoms with Gasteiger partial charge < -0.3 is 5.32 Å². The average Bonchev–Trinajstić information content (AvgIpc) is 2.32. The maximum absolute atomic E-state index is 12.2. The van der Waals surface area contributed by atoms with E-state index in [4.69, 9.17) is 0 Å². The van der Waals surface area contributed by atoms with Gasteiger partial charge in [-0.3, -0.25) is 4.79 Å². The molecule has 1 aromatic heterocycles. The molecule has 1 aromatic carbocycles. The summed E-state index contributed by atoms with van der Waals surface area (Å²) in [6.07, 6.45) is 0. The third-order valence-corrected chi connectivity index (χ3v) is 2.84. The molecule has 2 rings (SSSR count). The second-order valence-corrected chi connectivity index (χ2v) is 4.71. The molecule has 1 amide bonds. The molecule has 4 heteroatoms. The molecule has 0 spiro atoms. The lowest BCUT2D eigenvalue weighted by molar-refractivity contribution is 0.102. The topological polar surface area (TPSA) is 54.9 Å². The number of hydrogen-bond donors (Lipinski definition) is 1. The lowest BCUT2D eigenvalue weighted by Crippen LogP contribution is -2.16. The molecule has 0 aliphatic rings. The smallest absolute Gasteiger partial charge is 0.274 e. The van der Waals surface area contributed by atoms with E-state index in [1.807, 2.05) is 39.0 Å². The van der Waals surface area contributed by atoms with Crippen LogP contribution < -0.4 is 5.32 Å². The zero-order valence-electron chi connectivity index (χ0n) is 11.6. The van der Waals surface area contributed by atoms with E-state index < -0.39 is 0 Å². The Morgan fingerprint density at radius 1 is 1.05 bits per heavy atom. The Morgan fingerprint density at radius 3 is 2.47 bits per heavy atom. The number of rotatable bonds is 2. The van der Waals surface area contributed by atoms with Gasteiger partial charge in [-0.25, -0.2) is 9.97 Å². The van der Waals surface area contributed by atoms with E-state index >= 15 is 0 Å². The normalized spacial score (nSPS) is 10.3. The summed E-state index contributed by atoms with van der Waals surface area (Å²) in [6.45, 7) is 7.59. The fraction of sp³-hybridized carbons (Fsp3) is 0.267.